The molecule has 4 heteroatoms. The van der Waals surface area contributed by atoms with Crippen molar-refractivity contribution in [1.82, 2.24) is 0 Å². The van der Waals surface area contributed by atoms with Crippen LogP contribution in [0, 0.1) is 11.3 Å². The first-order valence-corrected chi connectivity index (χ1v) is 9.65. The minimum absolute atomic E-state index is 0.164. The number of nitrogens with zero attached hydrogens (tertiary/aromatic N) is 1. The lowest BCUT2D eigenvalue weighted by atomic mass is 9.79. The van der Waals surface area contributed by atoms with Crippen LogP contribution < -0.4 is 4.90 Å². The van der Waals surface area contributed by atoms with E-state index in [1.807, 2.05) is 67.6 Å². The summed E-state index contributed by atoms with van der Waals surface area (Å²) in [5.41, 5.74) is 1.07. The molecule has 138 valence electrons. The quantitative estimate of drug-likeness (QED) is 0.603. The van der Waals surface area contributed by atoms with Gasteiger partial charge in [0.15, 0.2) is 0 Å². The Morgan fingerprint density at radius 1 is 0.821 bits per heavy atom. The van der Waals surface area contributed by atoms with Crippen LogP contribution in [-0.4, -0.2) is 11.8 Å². The summed E-state index contributed by atoms with van der Waals surface area (Å²) >= 11 is 6.10. The number of carbonyl (C=O) groups is 2. The standard InChI is InChI=1S/C24H18ClNO2/c1-23-20(21(27)26(22(23)28)19-14-8-13-18(25)15-19)24(23,16-9-4-2-5-10-16)17-11-6-3-7-12-17/h2-15,20H,1H3/t20-,23-/m1/s1. The molecule has 2 aliphatic rings. The van der Waals surface area contributed by atoms with Gasteiger partial charge in [-0.05, 0) is 36.2 Å². The van der Waals surface area contributed by atoms with Crippen molar-refractivity contribution in [1.29, 1.82) is 0 Å². The highest BCUT2D eigenvalue weighted by molar-refractivity contribution is 6.32. The van der Waals surface area contributed by atoms with Crippen LogP contribution >= 0.6 is 11.6 Å². The summed E-state index contributed by atoms with van der Waals surface area (Å²) in [5, 5.41) is 0.501. The van der Waals surface area contributed by atoms with Gasteiger partial charge in [0, 0.05) is 10.4 Å². The Hall–Kier alpha value is -2.91. The minimum Gasteiger partial charge on any atom is -0.274 e. The monoisotopic (exact) mass is 387 g/mol. The van der Waals surface area contributed by atoms with Crippen LogP contribution in [0.1, 0.15) is 18.1 Å². The molecule has 0 aromatic heterocycles. The average Bonchev–Trinajstić information content (AvgIpc) is 3.24. The third-order valence-corrected chi connectivity index (χ3v) is 6.62. The number of hydrogen-bond acceptors (Lipinski definition) is 2. The number of benzene rings is 3. The second-order valence-corrected chi connectivity index (χ2v) is 8.07. The van der Waals surface area contributed by atoms with Crippen molar-refractivity contribution in [2.24, 2.45) is 11.3 Å². The minimum atomic E-state index is -0.824. The van der Waals surface area contributed by atoms with Gasteiger partial charge in [-0.15, -0.1) is 0 Å². The Morgan fingerprint density at radius 3 is 1.86 bits per heavy atom. The molecule has 0 unspecified atom stereocenters. The van der Waals surface area contributed by atoms with Gasteiger partial charge >= 0.3 is 0 Å². The van der Waals surface area contributed by atoms with E-state index in [1.54, 1.807) is 24.3 Å². The molecule has 1 aliphatic heterocycles. The zero-order valence-corrected chi connectivity index (χ0v) is 16.1. The van der Waals surface area contributed by atoms with E-state index in [0.29, 0.717) is 10.7 Å². The van der Waals surface area contributed by atoms with E-state index in [2.05, 4.69) is 0 Å². The first-order chi connectivity index (χ1) is 13.5. The fourth-order valence-electron chi connectivity index (χ4n) is 5.17. The molecule has 2 amide bonds. The SMILES string of the molecule is C[C@]12C(=O)N(c3cccc(Cl)c3)C(=O)[C@H]1C2(c1ccccc1)c1ccccc1. The van der Waals surface area contributed by atoms with Crippen molar-refractivity contribution in [2.75, 3.05) is 4.90 Å². The number of piperidine rings is 1. The first kappa shape index (κ1) is 17.2. The molecule has 0 spiro atoms. The molecule has 2 fully saturated rings. The highest BCUT2D eigenvalue weighted by Crippen LogP contribution is 2.76. The van der Waals surface area contributed by atoms with Crippen LogP contribution in [0.4, 0.5) is 5.69 Å². The Labute approximate surface area is 168 Å². The lowest BCUT2D eigenvalue weighted by Crippen LogP contribution is -2.42. The summed E-state index contributed by atoms with van der Waals surface area (Å²) < 4.78 is 0. The number of hydrogen-bond donors (Lipinski definition) is 0. The number of rotatable bonds is 3. The lowest BCUT2D eigenvalue weighted by Gasteiger charge is -2.29. The molecule has 1 aliphatic carbocycles. The number of fused-ring (bicyclic) bond motifs is 1. The highest BCUT2D eigenvalue weighted by atomic mass is 35.5. The Morgan fingerprint density at radius 2 is 1.39 bits per heavy atom. The van der Waals surface area contributed by atoms with Crippen molar-refractivity contribution in [3.8, 4) is 0 Å². The zero-order valence-electron chi connectivity index (χ0n) is 15.3. The molecule has 0 N–H and O–H groups in total. The summed E-state index contributed by atoms with van der Waals surface area (Å²) in [6, 6.07) is 26.7. The molecule has 5 rings (SSSR count). The molecule has 3 aromatic rings. The summed E-state index contributed by atoms with van der Waals surface area (Å²) in [5.74, 6) is -0.767. The molecule has 1 saturated carbocycles. The van der Waals surface area contributed by atoms with E-state index in [9.17, 15) is 9.59 Å². The third kappa shape index (κ3) is 1.95. The molecule has 0 bridgehead atoms. The molecule has 3 nitrogen and oxygen atoms in total. The summed E-state index contributed by atoms with van der Waals surface area (Å²) in [7, 11) is 0. The zero-order chi connectivity index (χ0) is 19.5. The highest BCUT2D eigenvalue weighted by Gasteiger charge is 2.86. The van der Waals surface area contributed by atoms with Gasteiger partial charge in [0.05, 0.1) is 17.0 Å². The summed E-state index contributed by atoms with van der Waals surface area (Å²) in [6.45, 7) is 1.92. The predicted octanol–water partition coefficient (Wildman–Crippen LogP) is 4.84. The molecule has 1 heterocycles. The Kier molecular flexibility index (Phi) is 3.56. The lowest BCUT2D eigenvalue weighted by molar-refractivity contribution is -0.125. The second kappa shape index (κ2) is 5.79. The van der Waals surface area contributed by atoms with Gasteiger partial charge in [-0.25, -0.2) is 4.90 Å². The van der Waals surface area contributed by atoms with Crippen LogP contribution in [0.5, 0.6) is 0 Å². The van der Waals surface area contributed by atoms with Crippen LogP contribution in [0.3, 0.4) is 0 Å². The van der Waals surface area contributed by atoms with E-state index >= 15 is 0 Å². The third-order valence-electron chi connectivity index (χ3n) is 6.39. The molecular weight excluding hydrogens is 370 g/mol. The van der Waals surface area contributed by atoms with E-state index in [1.165, 1.54) is 4.90 Å². The topological polar surface area (TPSA) is 37.4 Å². The van der Waals surface area contributed by atoms with E-state index in [4.69, 9.17) is 11.6 Å². The van der Waals surface area contributed by atoms with E-state index in [-0.39, 0.29) is 11.8 Å². The van der Waals surface area contributed by atoms with Crippen molar-refractivity contribution in [3.05, 3.63) is 101 Å². The van der Waals surface area contributed by atoms with E-state index in [0.717, 1.165) is 11.1 Å². The molecular formula is C24H18ClNO2. The van der Waals surface area contributed by atoms with Crippen LogP contribution in [0.25, 0.3) is 0 Å². The van der Waals surface area contributed by atoms with Gasteiger partial charge in [-0.2, -0.15) is 0 Å². The number of halogens is 1. The maximum absolute atomic E-state index is 13.6. The van der Waals surface area contributed by atoms with Gasteiger partial charge in [0.1, 0.15) is 0 Å². The number of carbonyl (C=O) groups excluding carboxylic acids is 2. The van der Waals surface area contributed by atoms with Gasteiger partial charge in [-0.1, -0.05) is 78.3 Å². The maximum Gasteiger partial charge on any atom is 0.241 e. The van der Waals surface area contributed by atoms with Gasteiger partial charge < -0.3 is 0 Å². The molecule has 2 atom stereocenters. The number of imide groups is 1. The maximum atomic E-state index is 13.6. The Balaban J connectivity index is 1.68. The van der Waals surface area contributed by atoms with Crippen molar-refractivity contribution >= 4 is 29.1 Å². The first-order valence-electron chi connectivity index (χ1n) is 9.28. The second-order valence-electron chi connectivity index (χ2n) is 7.63. The van der Waals surface area contributed by atoms with Gasteiger partial charge in [-0.3, -0.25) is 9.59 Å². The fraction of sp³-hybridized carbons (Fsp3) is 0.167. The van der Waals surface area contributed by atoms with Gasteiger partial charge in [0.2, 0.25) is 11.8 Å². The number of anilines is 1. The largest absolute Gasteiger partial charge is 0.274 e. The summed E-state index contributed by atoms with van der Waals surface area (Å²) in [6.07, 6.45) is 0. The molecule has 3 aromatic carbocycles. The van der Waals surface area contributed by atoms with Crippen LogP contribution in [0.15, 0.2) is 84.9 Å². The van der Waals surface area contributed by atoms with E-state index < -0.39 is 16.7 Å². The van der Waals surface area contributed by atoms with Crippen molar-refractivity contribution < 1.29 is 9.59 Å². The van der Waals surface area contributed by atoms with Crippen molar-refractivity contribution in [2.45, 2.75) is 12.3 Å². The summed E-state index contributed by atoms with van der Waals surface area (Å²) in [4.78, 5) is 28.4. The Bertz CT molecular complexity index is 1060. The smallest absolute Gasteiger partial charge is 0.241 e. The van der Waals surface area contributed by atoms with Crippen molar-refractivity contribution in [3.63, 3.8) is 0 Å². The predicted molar refractivity (Wildman–Crippen MR) is 109 cm³/mol. The van der Waals surface area contributed by atoms with Gasteiger partial charge in [0.25, 0.3) is 0 Å². The average molecular weight is 388 g/mol. The normalized spacial score (nSPS) is 24.9. The van der Waals surface area contributed by atoms with Crippen LogP contribution in [-0.2, 0) is 15.0 Å². The molecule has 28 heavy (non-hydrogen) atoms. The molecule has 0 radical (unpaired) electrons. The number of amides is 2. The molecule has 1 saturated heterocycles. The fourth-order valence-corrected chi connectivity index (χ4v) is 5.35. The van der Waals surface area contributed by atoms with Crippen LogP contribution in [0.2, 0.25) is 5.02 Å².